The number of amides is 1. The number of nitrogens with one attached hydrogen (secondary N) is 1. The summed E-state index contributed by atoms with van der Waals surface area (Å²) in [5.41, 5.74) is -0.567. The molecule has 1 amide bonds. The Morgan fingerprint density at radius 3 is 2.07 bits per heavy atom. The minimum atomic E-state index is -0.868. The van der Waals surface area contributed by atoms with Crippen molar-refractivity contribution in [3.05, 3.63) is 0 Å². The molecule has 0 fully saturated rings. The first-order valence-corrected chi connectivity index (χ1v) is 5.22. The average Bonchev–Trinajstić information content (AvgIpc) is 2.10. The lowest BCUT2D eigenvalue weighted by Gasteiger charge is -2.27. The maximum absolute atomic E-state index is 11.9. The molecule has 4 nitrogen and oxygen atoms in total. The molecule has 4 heteroatoms. The zero-order chi connectivity index (χ0) is 12.2. The predicted molar refractivity (Wildman–Crippen MR) is 58.4 cm³/mol. The summed E-state index contributed by atoms with van der Waals surface area (Å²) in [5, 5.41) is 12.0. The highest BCUT2D eigenvalue weighted by Crippen LogP contribution is 2.18. The third-order valence-electron chi connectivity index (χ3n) is 2.14. The van der Waals surface area contributed by atoms with Crippen LogP contribution in [0.1, 0.15) is 41.0 Å². The summed E-state index contributed by atoms with van der Waals surface area (Å²) in [7, 11) is 0. The van der Waals surface area contributed by atoms with Crippen molar-refractivity contribution in [3.8, 4) is 0 Å². The SMILES string of the molecule is CCC(=O)N[C@H](C(=O)C(C)(C)C)[C@@H](C)O. The molecule has 0 aliphatic carbocycles. The van der Waals surface area contributed by atoms with Crippen LogP contribution in [0.2, 0.25) is 0 Å². The molecule has 0 saturated heterocycles. The van der Waals surface area contributed by atoms with Crippen LogP contribution >= 0.6 is 0 Å². The molecule has 0 heterocycles. The van der Waals surface area contributed by atoms with Crippen molar-refractivity contribution in [2.75, 3.05) is 0 Å². The van der Waals surface area contributed by atoms with Crippen LogP contribution in [0.5, 0.6) is 0 Å². The summed E-state index contributed by atoms with van der Waals surface area (Å²) >= 11 is 0. The van der Waals surface area contributed by atoms with E-state index in [-0.39, 0.29) is 11.7 Å². The van der Waals surface area contributed by atoms with E-state index in [1.54, 1.807) is 27.7 Å². The molecule has 2 atom stereocenters. The first kappa shape index (κ1) is 14.1. The van der Waals surface area contributed by atoms with Crippen molar-refractivity contribution in [2.45, 2.75) is 53.2 Å². The second-order valence-electron chi connectivity index (χ2n) is 4.75. The number of hydrogen-bond donors (Lipinski definition) is 2. The molecule has 0 radical (unpaired) electrons. The van der Waals surface area contributed by atoms with Gasteiger partial charge in [-0.1, -0.05) is 27.7 Å². The van der Waals surface area contributed by atoms with E-state index in [2.05, 4.69) is 5.32 Å². The largest absolute Gasteiger partial charge is 0.391 e. The molecule has 0 aliphatic rings. The Balaban J connectivity index is 4.68. The first-order valence-electron chi connectivity index (χ1n) is 5.22. The van der Waals surface area contributed by atoms with Gasteiger partial charge in [0, 0.05) is 11.8 Å². The van der Waals surface area contributed by atoms with Crippen LogP contribution in [-0.2, 0) is 9.59 Å². The standard InChI is InChI=1S/C11H21NO3/c1-6-8(14)12-9(7(2)13)10(15)11(3,4)5/h7,9,13H,6H2,1-5H3,(H,12,14)/t7-,9+/m1/s1. The van der Waals surface area contributed by atoms with Gasteiger partial charge >= 0.3 is 0 Å². The van der Waals surface area contributed by atoms with Crippen LogP contribution in [0.4, 0.5) is 0 Å². The third-order valence-corrected chi connectivity index (χ3v) is 2.14. The fraction of sp³-hybridized carbons (Fsp3) is 0.818. The van der Waals surface area contributed by atoms with Gasteiger partial charge in [0.2, 0.25) is 5.91 Å². The summed E-state index contributed by atoms with van der Waals surface area (Å²) in [6.45, 7) is 8.51. The molecule has 88 valence electrons. The minimum Gasteiger partial charge on any atom is -0.391 e. The summed E-state index contributed by atoms with van der Waals surface area (Å²) in [4.78, 5) is 23.1. The Kier molecular flexibility index (Phi) is 4.94. The second kappa shape index (κ2) is 5.26. The lowest BCUT2D eigenvalue weighted by atomic mass is 9.84. The number of rotatable bonds is 4. The van der Waals surface area contributed by atoms with Crippen LogP contribution in [-0.4, -0.2) is 28.9 Å². The van der Waals surface area contributed by atoms with E-state index in [4.69, 9.17) is 0 Å². The zero-order valence-corrected chi connectivity index (χ0v) is 10.1. The smallest absolute Gasteiger partial charge is 0.220 e. The van der Waals surface area contributed by atoms with Gasteiger partial charge in [-0.25, -0.2) is 0 Å². The quantitative estimate of drug-likeness (QED) is 0.731. The number of aliphatic hydroxyl groups excluding tert-OH is 1. The summed E-state index contributed by atoms with van der Waals surface area (Å²) in [6.07, 6.45) is -0.562. The van der Waals surface area contributed by atoms with Crippen molar-refractivity contribution in [3.63, 3.8) is 0 Å². The normalized spacial score (nSPS) is 15.6. The van der Waals surface area contributed by atoms with E-state index in [1.165, 1.54) is 6.92 Å². The van der Waals surface area contributed by atoms with Crippen LogP contribution in [0.15, 0.2) is 0 Å². The van der Waals surface area contributed by atoms with Crippen LogP contribution in [0.25, 0.3) is 0 Å². The fourth-order valence-corrected chi connectivity index (χ4v) is 1.15. The predicted octanol–water partition coefficient (Wildman–Crippen LogP) is 0.877. The Morgan fingerprint density at radius 2 is 1.80 bits per heavy atom. The number of hydrogen-bond acceptors (Lipinski definition) is 3. The fourth-order valence-electron chi connectivity index (χ4n) is 1.15. The van der Waals surface area contributed by atoms with E-state index < -0.39 is 17.6 Å². The molecule has 2 N–H and O–H groups in total. The van der Waals surface area contributed by atoms with Gasteiger partial charge in [-0.2, -0.15) is 0 Å². The van der Waals surface area contributed by atoms with Gasteiger partial charge in [-0.15, -0.1) is 0 Å². The summed E-state index contributed by atoms with van der Waals surface area (Å²) in [5.74, 6) is -0.377. The van der Waals surface area contributed by atoms with E-state index in [1.807, 2.05) is 0 Å². The average molecular weight is 215 g/mol. The lowest BCUT2D eigenvalue weighted by molar-refractivity contribution is -0.135. The third kappa shape index (κ3) is 4.42. The molecule has 0 spiro atoms. The lowest BCUT2D eigenvalue weighted by Crippen LogP contribution is -2.51. The van der Waals surface area contributed by atoms with Crippen molar-refractivity contribution in [2.24, 2.45) is 5.41 Å². The molecule has 0 saturated carbocycles. The Labute approximate surface area is 91.1 Å². The van der Waals surface area contributed by atoms with E-state index in [0.717, 1.165) is 0 Å². The highest BCUT2D eigenvalue weighted by atomic mass is 16.3. The summed E-state index contributed by atoms with van der Waals surface area (Å²) < 4.78 is 0. The zero-order valence-electron chi connectivity index (χ0n) is 10.1. The van der Waals surface area contributed by atoms with Crippen LogP contribution in [0.3, 0.4) is 0 Å². The Bertz CT molecular complexity index is 241. The Hall–Kier alpha value is -0.900. The van der Waals surface area contributed by atoms with Crippen LogP contribution < -0.4 is 5.32 Å². The second-order valence-corrected chi connectivity index (χ2v) is 4.75. The summed E-state index contributed by atoms with van der Waals surface area (Å²) in [6, 6.07) is -0.808. The number of carbonyl (C=O) groups excluding carboxylic acids is 2. The highest BCUT2D eigenvalue weighted by Gasteiger charge is 2.33. The van der Waals surface area contributed by atoms with Crippen molar-refractivity contribution in [1.29, 1.82) is 0 Å². The van der Waals surface area contributed by atoms with Gasteiger partial charge in [-0.05, 0) is 6.92 Å². The van der Waals surface area contributed by atoms with Gasteiger partial charge in [-0.3, -0.25) is 9.59 Å². The van der Waals surface area contributed by atoms with E-state index >= 15 is 0 Å². The van der Waals surface area contributed by atoms with Gasteiger partial charge < -0.3 is 10.4 Å². The van der Waals surface area contributed by atoms with Crippen molar-refractivity contribution in [1.82, 2.24) is 5.32 Å². The molecular formula is C11H21NO3. The molecule has 0 unspecified atom stereocenters. The molecule has 0 aromatic carbocycles. The molecule has 0 aliphatic heterocycles. The van der Waals surface area contributed by atoms with Crippen molar-refractivity contribution < 1.29 is 14.7 Å². The molecule has 0 rings (SSSR count). The van der Waals surface area contributed by atoms with Gasteiger partial charge in [0.25, 0.3) is 0 Å². The van der Waals surface area contributed by atoms with Gasteiger partial charge in [0.1, 0.15) is 6.04 Å². The molecule has 0 aromatic rings. The van der Waals surface area contributed by atoms with E-state index in [0.29, 0.717) is 6.42 Å². The molecule has 0 bridgehead atoms. The minimum absolute atomic E-state index is 0.153. The topological polar surface area (TPSA) is 66.4 Å². The number of carbonyl (C=O) groups is 2. The van der Waals surface area contributed by atoms with Gasteiger partial charge in [0.05, 0.1) is 6.10 Å². The monoisotopic (exact) mass is 215 g/mol. The number of aliphatic hydroxyl groups is 1. The van der Waals surface area contributed by atoms with Crippen molar-refractivity contribution >= 4 is 11.7 Å². The maximum Gasteiger partial charge on any atom is 0.220 e. The van der Waals surface area contributed by atoms with Crippen LogP contribution in [0, 0.1) is 5.41 Å². The van der Waals surface area contributed by atoms with Gasteiger partial charge in [0.15, 0.2) is 5.78 Å². The van der Waals surface area contributed by atoms with E-state index in [9.17, 15) is 14.7 Å². The number of Topliss-reactive ketones (excluding diaryl/α,β-unsaturated/α-hetero) is 1. The number of ketones is 1. The molecule has 0 aromatic heterocycles. The Morgan fingerprint density at radius 1 is 1.33 bits per heavy atom. The maximum atomic E-state index is 11.9. The molecular weight excluding hydrogens is 194 g/mol. The molecule has 15 heavy (non-hydrogen) atoms. The highest BCUT2D eigenvalue weighted by molar-refractivity contribution is 5.92. The first-order chi connectivity index (χ1) is 6.70.